The molecule has 0 radical (unpaired) electrons. The van der Waals surface area contributed by atoms with Gasteiger partial charge >= 0.3 is 0 Å². The number of aryl methyl sites for hydroxylation is 1. The number of aromatic nitrogens is 1. The van der Waals surface area contributed by atoms with Gasteiger partial charge in [-0.05, 0) is 30.2 Å². The van der Waals surface area contributed by atoms with Gasteiger partial charge in [-0.1, -0.05) is 36.4 Å². The van der Waals surface area contributed by atoms with Crippen LogP contribution < -0.4 is 10.2 Å². The highest BCUT2D eigenvalue weighted by Gasteiger charge is 2.16. The van der Waals surface area contributed by atoms with Gasteiger partial charge in [-0.15, -0.1) is 0 Å². The average molecular weight is 303 g/mol. The largest absolute Gasteiger partial charge is 0.368 e. The number of benzene rings is 2. The number of hydrogen-bond acceptors (Lipinski definition) is 3. The average Bonchev–Trinajstić information content (AvgIpc) is 2.63. The Hall–Kier alpha value is -2.39. The van der Waals surface area contributed by atoms with Crippen LogP contribution in [-0.2, 0) is 0 Å². The van der Waals surface area contributed by atoms with Gasteiger partial charge in [-0.25, -0.2) is 0 Å². The fourth-order valence-corrected chi connectivity index (χ4v) is 3.43. The van der Waals surface area contributed by atoms with Crippen LogP contribution in [0.4, 0.5) is 5.69 Å². The lowest BCUT2D eigenvalue weighted by Gasteiger charge is -2.31. The summed E-state index contributed by atoms with van der Waals surface area (Å²) in [7, 11) is 0. The number of nitrogens with zero attached hydrogens (tertiary/aromatic N) is 2. The topological polar surface area (TPSA) is 28.2 Å². The maximum atomic E-state index is 4.59. The van der Waals surface area contributed by atoms with E-state index in [0.29, 0.717) is 0 Å². The summed E-state index contributed by atoms with van der Waals surface area (Å²) in [5.41, 5.74) is 6.22. The predicted molar refractivity (Wildman–Crippen MR) is 97.0 cm³/mol. The first-order valence-corrected chi connectivity index (χ1v) is 8.24. The van der Waals surface area contributed by atoms with Crippen LogP contribution in [0.25, 0.3) is 22.0 Å². The van der Waals surface area contributed by atoms with Crippen molar-refractivity contribution in [2.24, 2.45) is 0 Å². The molecule has 0 amide bonds. The third-order valence-electron chi connectivity index (χ3n) is 4.62. The molecule has 23 heavy (non-hydrogen) atoms. The van der Waals surface area contributed by atoms with Crippen molar-refractivity contribution < 1.29 is 0 Å². The normalized spacial score (nSPS) is 15.1. The van der Waals surface area contributed by atoms with Crippen molar-refractivity contribution in [1.82, 2.24) is 10.3 Å². The van der Waals surface area contributed by atoms with E-state index in [2.05, 4.69) is 64.6 Å². The van der Waals surface area contributed by atoms with Gasteiger partial charge in [0.2, 0.25) is 0 Å². The molecule has 1 fully saturated rings. The summed E-state index contributed by atoms with van der Waals surface area (Å²) in [5, 5.41) is 4.66. The number of piperazine rings is 1. The standard InChI is InChI=1S/C20H21N3/c1-15-8-9-16(18-6-4-10-22-20(15)18)17-5-2-3-7-19(17)23-13-11-21-12-14-23/h2-10,21H,11-14H2,1H3. The molecule has 1 aliphatic rings. The van der Waals surface area contributed by atoms with Crippen molar-refractivity contribution in [3.63, 3.8) is 0 Å². The van der Waals surface area contributed by atoms with Crippen LogP contribution in [0.15, 0.2) is 54.7 Å². The summed E-state index contributed by atoms with van der Waals surface area (Å²) in [6.45, 7) is 6.33. The SMILES string of the molecule is Cc1ccc(-c2ccccc2N2CCNCC2)c2cccnc12. The highest BCUT2D eigenvalue weighted by molar-refractivity contribution is 5.99. The van der Waals surface area contributed by atoms with Crippen molar-refractivity contribution >= 4 is 16.6 Å². The van der Waals surface area contributed by atoms with E-state index >= 15 is 0 Å². The van der Waals surface area contributed by atoms with E-state index in [9.17, 15) is 0 Å². The molecule has 3 aromatic rings. The highest BCUT2D eigenvalue weighted by Crippen LogP contribution is 2.36. The lowest BCUT2D eigenvalue weighted by atomic mass is 9.96. The van der Waals surface area contributed by atoms with Crippen LogP contribution in [-0.4, -0.2) is 31.2 Å². The van der Waals surface area contributed by atoms with E-state index in [0.717, 1.165) is 31.7 Å². The lowest BCUT2D eigenvalue weighted by Crippen LogP contribution is -2.43. The monoisotopic (exact) mass is 303 g/mol. The van der Waals surface area contributed by atoms with Gasteiger partial charge in [0.15, 0.2) is 0 Å². The van der Waals surface area contributed by atoms with Gasteiger partial charge in [-0.2, -0.15) is 0 Å². The zero-order chi connectivity index (χ0) is 15.6. The van der Waals surface area contributed by atoms with Gasteiger partial charge in [0.25, 0.3) is 0 Å². The second kappa shape index (κ2) is 6.01. The number of pyridine rings is 1. The molecule has 2 aromatic carbocycles. The predicted octanol–water partition coefficient (Wildman–Crippen LogP) is 3.62. The summed E-state index contributed by atoms with van der Waals surface area (Å²) in [6, 6.07) is 17.4. The molecule has 1 aliphatic heterocycles. The molecule has 1 N–H and O–H groups in total. The molecule has 0 spiro atoms. The van der Waals surface area contributed by atoms with Gasteiger partial charge in [0.1, 0.15) is 0 Å². The Morgan fingerprint density at radius 1 is 0.913 bits per heavy atom. The number of nitrogens with one attached hydrogen (secondary N) is 1. The van der Waals surface area contributed by atoms with Gasteiger partial charge in [-0.3, -0.25) is 4.98 Å². The molecule has 1 aromatic heterocycles. The van der Waals surface area contributed by atoms with E-state index in [1.54, 1.807) is 0 Å². The van der Waals surface area contributed by atoms with Crippen molar-refractivity contribution in [3.8, 4) is 11.1 Å². The first-order valence-electron chi connectivity index (χ1n) is 8.24. The molecule has 1 saturated heterocycles. The van der Waals surface area contributed by atoms with Crippen LogP contribution in [0.1, 0.15) is 5.56 Å². The summed E-state index contributed by atoms with van der Waals surface area (Å²) >= 11 is 0. The lowest BCUT2D eigenvalue weighted by molar-refractivity contribution is 0.589. The van der Waals surface area contributed by atoms with Crippen molar-refractivity contribution in [3.05, 3.63) is 60.3 Å². The van der Waals surface area contributed by atoms with E-state index in [-0.39, 0.29) is 0 Å². The summed E-state index contributed by atoms with van der Waals surface area (Å²) in [6.07, 6.45) is 1.88. The maximum Gasteiger partial charge on any atom is 0.0737 e. The summed E-state index contributed by atoms with van der Waals surface area (Å²) in [5.74, 6) is 0. The van der Waals surface area contributed by atoms with Crippen LogP contribution in [0.2, 0.25) is 0 Å². The van der Waals surface area contributed by atoms with E-state index < -0.39 is 0 Å². The molecular weight excluding hydrogens is 282 g/mol. The highest BCUT2D eigenvalue weighted by atomic mass is 15.2. The van der Waals surface area contributed by atoms with Crippen LogP contribution in [0, 0.1) is 6.92 Å². The van der Waals surface area contributed by atoms with Crippen LogP contribution >= 0.6 is 0 Å². The molecule has 0 unspecified atom stereocenters. The first-order chi connectivity index (χ1) is 11.3. The molecule has 0 saturated carbocycles. The summed E-state index contributed by atoms with van der Waals surface area (Å²) in [4.78, 5) is 7.07. The quantitative estimate of drug-likeness (QED) is 0.784. The molecule has 0 atom stereocenters. The zero-order valence-electron chi connectivity index (χ0n) is 13.4. The van der Waals surface area contributed by atoms with Crippen LogP contribution in [0.5, 0.6) is 0 Å². The molecule has 0 bridgehead atoms. The minimum absolute atomic E-state index is 1.05. The Kier molecular flexibility index (Phi) is 3.72. The molecular formula is C20H21N3. The Morgan fingerprint density at radius 2 is 1.74 bits per heavy atom. The maximum absolute atomic E-state index is 4.59. The molecule has 2 heterocycles. The van der Waals surface area contributed by atoms with Gasteiger partial charge < -0.3 is 10.2 Å². The van der Waals surface area contributed by atoms with Gasteiger partial charge in [0, 0.05) is 49.0 Å². The minimum atomic E-state index is 1.05. The fraction of sp³-hybridized carbons (Fsp3) is 0.250. The number of fused-ring (bicyclic) bond motifs is 1. The van der Waals surface area contributed by atoms with Gasteiger partial charge in [0.05, 0.1) is 5.52 Å². The fourth-order valence-electron chi connectivity index (χ4n) is 3.43. The minimum Gasteiger partial charge on any atom is -0.368 e. The molecule has 0 aliphatic carbocycles. The third-order valence-corrected chi connectivity index (χ3v) is 4.62. The zero-order valence-corrected chi connectivity index (χ0v) is 13.4. The third kappa shape index (κ3) is 2.57. The first kappa shape index (κ1) is 14.2. The Morgan fingerprint density at radius 3 is 2.61 bits per heavy atom. The van der Waals surface area contributed by atoms with Crippen LogP contribution in [0.3, 0.4) is 0 Å². The smallest absolute Gasteiger partial charge is 0.0737 e. The van der Waals surface area contributed by atoms with Crippen molar-refractivity contribution in [2.45, 2.75) is 6.92 Å². The molecule has 3 heteroatoms. The Balaban J connectivity index is 1.90. The van der Waals surface area contributed by atoms with E-state index in [4.69, 9.17) is 0 Å². The number of hydrogen-bond donors (Lipinski definition) is 1. The number of rotatable bonds is 2. The van der Waals surface area contributed by atoms with Crippen molar-refractivity contribution in [2.75, 3.05) is 31.1 Å². The second-order valence-corrected chi connectivity index (χ2v) is 6.08. The Labute approximate surface area is 137 Å². The van der Waals surface area contributed by atoms with E-state index in [1.165, 1.54) is 27.8 Å². The number of para-hydroxylation sites is 1. The molecule has 4 rings (SSSR count). The van der Waals surface area contributed by atoms with E-state index in [1.807, 2.05) is 12.3 Å². The summed E-state index contributed by atoms with van der Waals surface area (Å²) < 4.78 is 0. The molecule has 116 valence electrons. The number of anilines is 1. The molecule has 3 nitrogen and oxygen atoms in total. The second-order valence-electron chi connectivity index (χ2n) is 6.08. The van der Waals surface area contributed by atoms with Crippen molar-refractivity contribution in [1.29, 1.82) is 0 Å². The Bertz CT molecular complexity index is 835.